The van der Waals surface area contributed by atoms with Gasteiger partial charge in [0.2, 0.25) is 5.75 Å². The number of esters is 1. The molecule has 0 saturated heterocycles. The molecule has 0 radical (unpaired) electrons. The maximum absolute atomic E-state index is 11.8. The number of ether oxygens (including phenoxy) is 1. The van der Waals surface area contributed by atoms with Crippen LogP contribution in [-0.4, -0.2) is 28.1 Å². The summed E-state index contributed by atoms with van der Waals surface area (Å²) in [6.45, 7) is 3.62. The Labute approximate surface area is 121 Å². The van der Waals surface area contributed by atoms with E-state index in [1.165, 1.54) is 0 Å². The van der Waals surface area contributed by atoms with Crippen LogP contribution in [0.5, 0.6) is 5.75 Å². The molecule has 0 atom stereocenters. The van der Waals surface area contributed by atoms with Crippen LogP contribution >= 0.6 is 0 Å². The van der Waals surface area contributed by atoms with Crippen molar-refractivity contribution in [2.45, 2.75) is 39.5 Å². The fraction of sp³-hybridized carbons (Fsp3) is 0.538. The van der Waals surface area contributed by atoms with Crippen LogP contribution in [0.1, 0.15) is 39.5 Å². The van der Waals surface area contributed by atoms with Crippen molar-refractivity contribution in [3.63, 3.8) is 0 Å². The second kappa shape index (κ2) is 8.03. The van der Waals surface area contributed by atoms with Crippen LogP contribution < -0.4 is 21.3 Å². The Hall–Kier alpha value is -2.38. The Morgan fingerprint density at radius 2 is 2.00 bits per heavy atom. The molecule has 1 heterocycles. The van der Waals surface area contributed by atoms with Gasteiger partial charge in [0.05, 0.1) is 6.20 Å². The number of nitrogens with zero attached hydrogens (tertiary/aromatic N) is 1. The van der Waals surface area contributed by atoms with Gasteiger partial charge in [-0.2, -0.15) is 0 Å². The van der Waals surface area contributed by atoms with E-state index in [4.69, 9.17) is 0 Å². The molecule has 8 heteroatoms. The third kappa shape index (κ3) is 5.25. The summed E-state index contributed by atoms with van der Waals surface area (Å²) in [6.07, 6.45) is 4.85. The number of carbonyl (C=O) groups is 2. The lowest BCUT2D eigenvalue weighted by atomic mass is 10.2. The molecule has 0 fully saturated rings. The maximum Gasteiger partial charge on any atom is 0.336 e. The van der Waals surface area contributed by atoms with E-state index in [2.05, 4.69) is 17.0 Å². The summed E-state index contributed by atoms with van der Waals surface area (Å²) in [5, 5.41) is 2.56. The molecule has 0 spiro atoms. The summed E-state index contributed by atoms with van der Waals surface area (Å²) in [5.74, 6) is -1.12. The molecular formula is C13H19N3O5. The minimum atomic E-state index is -0.887. The topological polar surface area (TPSA) is 110 Å². The summed E-state index contributed by atoms with van der Waals surface area (Å²) in [6, 6.07) is -0.679. The highest BCUT2D eigenvalue weighted by Gasteiger charge is 2.12. The SMILES string of the molecule is CCCCCCNC(=O)n1cc(OC(C)=O)c(=O)[nH]c1=O. The summed E-state index contributed by atoms with van der Waals surface area (Å²) in [4.78, 5) is 47.6. The highest BCUT2D eigenvalue weighted by Crippen LogP contribution is 2.00. The maximum atomic E-state index is 11.8. The van der Waals surface area contributed by atoms with Crippen molar-refractivity contribution in [3.05, 3.63) is 27.0 Å². The van der Waals surface area contributed by atoms with Gasteiger partial charge in [0, 0.05) is 13.5 Å². The predicted octanol–water partition coefficient (Wildman–Crippen LogP) is 0.600. The molecule has 0 aliphatic carbocycles. The van der Waals surface area contributed by atoms with E-state index in [0.29, 0.717) is 11.1 Å². The number of unbranched alkanes of at least 4 members (excludes halogenated alkanes) is 3. The molecule has 0 aliphatic rings. The Bertz CT molecular complexity index is 617. The highest BCUT2D eigenvalue weighted by molar-refractivity contribution is 5.76. The molecule has 0 aromatic carbocycles. The molecule has 0 bridgehead atoms. The first kappa shape index (κ1) is 16.7. The summed E-state index contributed by atoms with van der Waals surface area (Å²) >= 11 is 0. The lowest BCUT2D eigenvalue weighted by Gasteiger charge is -2.08. The first-order chi connectivity index (χ1) is 9.95. The molecule has 0 saturated carbocycles. The Balaban J connectivity index is 2.77. The summed E-state index contributed by atoms with van der Waals surface area (Å²) in [7, 11) is 0. The van der Waals surface area contributed by atoms with Crippen molar-refractivity contribution in [1.82, 2.24) is 14.9 Å². The van der Waals surface area contributed by atoms with Crippen molar-refractivity contribution < 1.29 is 14.3 Å². The number of H-pyrrole nitrogens is 1. The molecule has 1 amide bonds. The zero-order valence-electron chi connectivity index (χ0n) is 12.1. The van der Waals surface area contributed by atoms with Crippen LogP contribution in [0.3, 0.4) is 0 Å². The second-order valence-electron chi connectivity index (χ2n) is 4.51. The number of hydrogen-bond donors (Lipinski definition) is 2. The van der Waals surface area contributed by atoms with Gasteiger partial charge >= 0.3 is 17.7 Å². The quantitative estimate of drug-likeness (QED) is 0.590. The number of rotatable bonds is 6. The fourth-order valence-corrected chi connectivity index (χ4v) is 1.66. The van der Waals surface area contributed by atoms with Gasteiger partial charge in [-0.15, -0.1) is 0 Å². The number of amides is 1. The Morgan fingerprint density at radius 3 is 2.62 bits per heavy atom. The third-order valence-electron chi connectivity index (χ3n) is 2.69. The van der Waals surface area contributed by atoms with Crippen LogP contribution in [0.15, 0.2) is 15.8 Å². The molecule has 21 heavy (non-hydrogen) atoms. The highest BCUT2D eigenvalue weighted by atomic mass is 16.5. The average molecular weight is 297 g/mol. The van der Waals surface area contributed by atoms with Gasteiger partial charge in [0.25, 0.3) is 5.56 Å². The molecule has 8 nitrogen and oxygen atoms in total. The number of aromatic nitrogens is 2. The monoisotopic (exact) mass is 297 g/mol. The van der Waals surface area contributed by atoms with Crippen molar-refractivity contribution in [2.24, 2.45) is 0 Å². The normalized spacial score (nSPS) is 10.2. The number of carbonyl (C=O) groups excluding carboxylic acids is 2. The zero-order chi connectivity index (χ0) is 15.8. The van der Waals surface area contributed by atoms with Gasteiger partial charge in [-0.1, -0.05) is 26.2 Å². The average Bonchev–Trinajstić information content (AvgIpc) is 2.41. The van der Waals surface area contributed by atoms with Crippen LogP contribution in [0.25, 0.3) is 0 Å². The fourth-order valence-electron chi connectivity index (χ4n) is 1.66. The van der Waals surface area contributed by atoms with E-state index in [0.717, 1.165) is 38.8 Å². The van der Waals surface area contributed by atoms with E-state index < -0.39 is 29.0 Å². The van der Waals surface area contributed by atoms with Crippen LogP contribution in [-0.2, 0) is 4.79 Å². The van der Waals surface area contributed by atoms with Crippen LogP contribution in [0.2, 0.25) is 0 Å². The Kier molecular flexibility index (Phi) is 6.38. The first-order valence-corrected chi connectivity index (χ1v) is 6.78. The lowest BCUT2D eigenvalue weighted by Crippen LogP contribution is -2.40. The van der Waals surface area contributed by atoms with E-state index in [1.54, 1.807) is 0 Å². The van der Waals surface area contributed by atoms with Crippen LogP contribution in [0, 0.1) is 0 Å². The minimum absolute atomic E-state index is 0.400. The summed E-state index contributed by atoms with van der Waals surface area (Å²) in [5.41, 5.74) is -1.75. The van der Waals surface area contributed by atoms with Crippen molar-refractivity contribution >= 4 is 12.0 Å². The second-order valence-corrected chi connectivity index (χ2v) is 4.51. The van der Waals surface area contributed by atoms with E-state index in [9.17, 15) is 19.2 Å². The largest absolute Gasteiger partial charge is 0.419 e. The van der Waals surface area contributed by atoms with E-state index in [1.807, 2.05) is 4.98 Å². The van der Waals surface area contributed by atoms with Crippen molar-refractivity contribution in [2.75, 3.05) is 6.54 Å². The molecule has 2 N–H and O–H groups in total. The third-order valence-corrected chi connectivity index (χ3v) is 2.69. The van der Waals surface area contributed by atoms with Gasteiger partial charge in [0.15, 0.2) is 0 Å². The Morgan fingerprint density at radius 1 is 1.29 bits per heavy atom. The van der Waals surface area contributed by atoms with E-state index >= 15 is 0 Å². The number of hydrogen-bond acceptors (Lipinski definition) is 5. The van der Waals surface area contributed by atoms with Gasteiger partial charge in [-0.05, 0) is 6.42 Å². The molecule has 116 valence electrons. The number of nitrogens with one attached hydrogen (secondary N) is 2. The molecule has 1 aromatic heterocycles. The van der Waals surface area contributed by atoms with Gasteiger partial charge < -0.3 is 10.1 Å². The van der Waals surface area contributed by atoms with E-state index in [-0.39, 0.29) is 0 Å². The van der Waals surface area contributed by atoms with Gasteiger partial charge in [-0.3, -0.25) is 14.6 Å². The van der Waals surface area contributed by atoms with Crippen molar-refractivity contribution in [1.29, 1.82) is 0 Å². The lowest BCUT2D eigenvalue weighted by molar-refractivity contribution is -0.132. The van der Waals surface area contributed by atoms with Gasteiger partial charge in [-0.25, -0.2) is 14.2 Å². The first-order valence-electron chi connectivity index (χ1n) is 6.78. The molecule has 0 aliphatic heterocycles. The molecular weight excluding hydrogens is 278 g/mol. The molecule has 1 rings (SSSR count). The zero-order valence-corrected chi connectivity index (χ0v) is 12.1. The smallest absolute Gasteiger partial charge is 0.336 e. The predicted molar refractivity (Wildman–Crippen MR) is 75.6 cm³/mol. The minimum Gasteiger partial charge on any atom is -0.419 e. The molecule has 0 unspecified atom stereocenters. The summed E-state index contributed by atoms with van der Waals surface area (Å²) < 4.78 is 5.29. The van der Waals surface area contributed by atoms with Crippen molar-refractivity contribution in [3.8, 4) is 5.75 Å². The molecule has 1 aromatic rings. The number of aromatic amines is 1. The standard InChI is InChI=1S/C13H19N3O5/c1-3-4-5-6-7-14-12(19)16-8-10(21-9(2)17)11(18)15-13(16)20/h8H,3-7H2,1-2H3,(H,14,19)(H,15,18,20). The van der Waals surface area contributed by atoms with Crippen LogP contribution in [0.4, 0.5) is 4.79 Å². The van der Waals surface area contributed by atoms with Gasteiger partial charge in [0.1, 0.15) is 0 Å².